The Morgan fingerprint density at radius 2 is 1.31 bits per heavy atom. The lowest BCUT2D eigenvalue weighted by atomic mass is 9.99. The molecule has 0 amide bonds. The van der Waals surface area contributed by atoms with E-state index in [1.165, 1.54) is 48.1 Å². The summed E-state index contributed by atoms with van der Waals surface area (Å²) in [5.74, 6) is 0. The van der Waals surface area contributed by atoms with Crippen molar-refractivity contribution in [2.45, 2.75) is 73.1 Å². The van der Waals surface area contributed by atoms with E-state index >= 15 is 0 Å². The first kappa shape index (κ1) is 35.4. The molecule has 0 atom stereocenters. The third kappa shape index (κ3) is 7.99. The molecule has 6 N–H and O–H groups in total. The Balaban J connectivity index is 0.977. The number of nitrogens with one attached hydrogen (secondary N) is 2. The summed E-state index contributed by atoms with van der Waals surface area (Å²) in [6, 6.07) is 23.3. The number of hydrogen-bond donors (Lipinski definition) is 4. The Morgan fingerprint density at radius 3 is 2.02 bits per heavy atom. The molecule has 0 bridgehead atoms. The van der Waals surface area contributed by atoms with Crippen LogP contribution in [-0.4, -0.2) is 23.8 Å². The molecule has 1 aliphatic carbocycles. The van der Waals surface area contributed by atoms with Crippen molar-refractivity contribution in [1.82, 2.24) is 4.98 Å². The minimum Gasteiger partial charge on any atom is -0.398 e. The largest absolute Gasteiger partial charge is 0.398 e. The summed E-state index contributed by atoms with van der Waals surface area (Å²) in [5, 5.41) is 7.38. The van der Waals surface area contributed by atoms with Crippen LogP contribution in [0.5, 0.6) is 0 Å². The molecule has 51 heavy (non-hydrogen) atoms. The highest BCUT2D eigenvalue weighted by Gasteiger charge is 2.22. The number of hydrogen-bond acceptors (Lipinski definition) is 6. The molecule has 1 aromatic heterocycles. The van der Waals surface area contributed by atoms with Gasteiger partial charge < -0.3 is 22.1 Å². The van der Waals surface area contributed by atoms with E-state index in [0.717, 1.165) is 98.9 Å². The predicted octanol–water partition coefficient (Wildman–Crippen LogP) is 9.78. The van der Waals surface area contributed by atoms with Crippen molar-refractivity contribution < 1.29 is 4.57 Å². The first-order chi connectivity index (χ1) is 24.6. The van der Waals surface area contributed by atoms with Crippen molar-refractivity contribution in [3.63, 3.8) is 0 Å². The number of allylic oxidation sites excluding steroid dienone is 4. The van der Waals surface area contributed by atoms with E-state index in [0.29, 0.717) is 0 Å². The fraction of sp³-hybridized carbons (Fsp3) is 0.295. The van der Waals surface area contributed by atoms with Crippen LogP contribution in [0.3, 0.4) is 0 Å². The Kier molecular flexibility index (Phi) is 10.8. The summed E-state index contributed by atoms with van der Waals surface area (Å²) in [4.78, 5) is 9.95. The normalized spacial score (nSPS) is 13.9. The zero-order valence-corrected chi connectivity index (χ0v) is 30.9. The van der Waals surface area contributed by atoms with E-state index in [9.17, 15) is 0 Å². The highest BCUT2D eigenvalue weighted by atomic mass is 15.0. The van der Waals surface area contributed by atoms with Gasteiger partial charge in [-0.3, -0.25) is 0 Å². The van der Waals surface area contributed by atoms with E-state index in [-0.39, 0.29) is 0 Å². The number of nitrogen functional groups attached to an aromatic ring is 1. The number of nitrogens with two attached hydrogens (primary N) is 2. The zero-order valence-electron chi connectivity index (χ0n) is 30.9. The predicted molar refractivity (Wildman–Crippen MR) is 218 cm³/mol. The minimum atomic E-state index is 0.752. The molecular formula is C44H52N7+. The number of aliphatic imine (C=N–C) groups is 1. The van der Waals surface area contributed by atoms with Crippen LogP contribution < -0.4 is 26.7 Å². The first-order valence-electron chi connectivity index (χ1n) is 18.2. The van der Waals surface area contributed by atoms with E-state index in [1.807, 2.05) is 38.1 Å². The van der Waals surface area contributed by atoms with Crippen LogP contribution in [0.25, 0.3) is 27.8 Å². The molecule has 0 saturated heterocycles. The standard InChI is InChI=1S/C44H51N7/c1-28-23-40(30(3)22-35(28)45)49-38-19-18-37(32(5)33(38)6)47-20-14-9-7-8-10-15-21-48-39-27-44-42(25-31(39)4)50-41-24-29(2)36(46)26-43(41)51(44)34-16-12-11-13-17-34/h11-13,16-19,22-27,47H,3,7-10,14-15,20-21,45H2,1-2,4-6H3,(H2,46,48)/p+1/b49-40-. The molecule has 4 aromatic carbocycles. The van der Waals surface area contributed by atoms with E-state index in [2.05, 4.69) is 97.1 Å². The minimum absolute atomic E-state index is 0.752. The number of para-hydroxylation sites is 1. The van der Waals surface area contributed by atoms with Crippen molar-refractivity contribution in [2.24, 2.45) is 10.7 Å². The molecule has 7 heteroatoms. The van der Waals surface area contributed by atoms with Gasteiger partial charge in [-0.1, -0.05) is 50.5 Å². The number of anilines is 3. The fourth-order valence-corrected chi connectivity index (χ4v) is 6.73. The Hall–Kier alpha value is -5.43. The van der Waals surface area contributed by atoms with E-state index in [4.69, 9.17) is 21.4 Å². The molecular weight excluding hydrogens is 627 g/mol. The van der Waals surface area contributed by atoms with Gasteiger partial charge >= 0.3 is 0 Å². The lowest BCUT2D eigenvalue weighted by Crippen LogP contribution is -2.33. The topological polar surface area (TPSA) is 105 Å². The molecule has 0 fully saturated rings. The Morgan fingerprint density at radius 1 is 0.686 bits per heavy atom. The van der Waals surface area contributed by atoms with Gasteiger partial charge in [-0.05, 0) is 117 Å². The van der Waals surface area contributed by atoms with Crippen LogP contribution in [-0.2, 0) is 0 Å². The summed E-state index contributed by atoms with van der Waals surface area (Å²) in [6.45, 7) is 16.5. The van der Waals surface area contributed by atoms with Gasteiger partial charge in [-0.2, -0.15) is 0 Å². The molecule has 1 aliphatic rings. The van der Waals surface area contributed by atoms with Crippen LogP contribution in [0.4, 0.5) is 22.7 Å². The first-order valence-corrected chi connectivity index (χ1v) is 18.2. The van der Waals surface area contributed by atoms with Gasteiger partial charge in [-0.25, -0.2) is 9.98 Å². The van der Waals surface area contributed by atoms with Gasteiger partial charge in [0.05, 0.1) is 11.4 Å². The number of aromatic nitrogens is 2. The number of unbranched alkanes of at least 4 members (excludes halogenated alkanes) is 5. The molecule has 6 rings (SSSR count). The quantitative estimate of drug-likeness (QED) is 0.0430. The number of fused-ring (bicyclic) bond motifs is 2. The summed E-state index contributed by atoms with van der Waals surface area (Å²) >= 11 is 0. The molecule has 0 radical (unpaired) electrons. The van der Waals surface area contributed by atoms with Crippen molar-refractivity contribution in [3.8, 4) is 5.69 Å². The maximum absolute atomic E-state index is 6.38. The van der Waals surface area contributed by atoms with Crippen molar-refractivity contribution in [3.05, 3.63) is 125 Å². The highest BCUT2D eigenvalue weighted by molar-refractivity contribution is 6.13. The zero-order chi connectivity index (χ0) is 36.1. The summed E-state index contributed by atoms with van der Waals surface area (Å²) in [6.07, 6.45) is 11.1. The fourth-order valence-electron chi connectivity index (χ4n) is 6.73. The second kappa shape index (κ2) is 15.6. The van der Waals surface area contributed by atoms with Gasteiger partial charge in [0.15, 0.2) is 0 Å². The van der Waals surface area contributed by atoms with Crippen LogP contribution in [0.1, 0.15) is 67.7 Å². The molecule has 7 nitrogen and oxygen atoms in total. The summed E-state index contributed by atoms with van der Waals surface area (Å²) in [7, 11) is 0. The second-order valence-electron chi connectivity index (χ2n) is 13.9. The average molecular weight is 679 g/mol. The van der Waals surface area contributed by atoms with Crippen molar-refractivity contribution in [2.75, 3.05) is 29.5 Å². The molecule has 0 aliphatic heterocycles. The van der Waals surface area contributed by atoms with Gasteiger partial charge in [0.2, 0.25) is 16.7 Å². The monoisotopic (exact) mass is 678 g/mol. The molecule has 5 aromatic rings. The third-order valence-electron chi connectivity index (χ3n) is 10.1. The third-order valence-corrected chi connectivity index (χ3v) is 10.1. The second-order valence-corrected chi connectivity index (χ2v) is 13.9. The molecule has 262 valence electrons. The highest BCUT2D eigenvalue weighted by Crippen LogP contribution is 2.30. The van der Waals surface area contributed by atoms with Crippen molar-refractivity contribution in [1.29, 1.82) is 0 Å². The lowest BCUT2D eigenvalue weighted by Gasteiger charge is -2.16. The van der Waals surface area contributed by atoms with Crippen LogP contribution >= 0.6 is 0 Å². The van der Waals surface area contributed by atoms with Gasteiger partial charge in [0.1, 0.15) is 11.0 Å². The van der Waals surface area contributed by atoms with Gasteiger partial charge in [-0.15, -0.1) is 4.57 Å². The smallest absolute Gasteiger partial charge is 0.239 e. The molecule has 0 spiro atoms. The summed E-state index contributed by atoms with van der Waals surface area (Å²) in [5.41, 5.74) is 29.7. The lowest BCUT2D eigenvalue weighted by molar-refractivity contribution is -0.538. The van der Waals surface area contributed by atoms with E-state index in [1.54, 1.807) is 0 Å². The number of nitrogens with zero attached hydrogens (tertiary/aromatic N) is 3. The Bertz CT molecular complexity index is 2190. The van der Waals surface area contributed by atoms with E-state index < -0.39 is 0 Å². The summed E-state index contributed by atoms with van der Waals surface area (Å²) < 4.78 is 2.28. The molecule has 0 saturated carbocycles. The van der Waals surface area contributed by atoms with Gasteiger partial charge in [0.25, 0.3) is 0 Å². The van der Waals surface area contributed by atoms with Crippen molar-refractivity contribution >= 4 is 50.5 Å². The number of aryl methyl sites for hydroxylation is 2. The number of rotatable bonds is 13. The molecule has 0 unspecified atom stereocenters. The van der Waals surface area contributed by atoms with Crippen LogP contribution in [0.15, 0.2) is 107 Å². The Labute approximate surface area is 302 Å². The number of benzene rings is 4. The van der Waals surface area contributed by atoms with Crippen LogP contribution in [0.2, 0.25) is 0 Å². The maximum Gasteiger partial charge on any atom is 0.239 e. The SMILES string of the molecule is C=C1C=C(N)C(C)=C/C1=N/c1ccc(NCCCCCCCCNc2cc3c(cc2C)nc2cc(C)c(N)cc2[n+]3-c2ccccc2)c(C)c1C. The van der Waals surface area contributed by atoms with Gasteiger partial charge in [0, 0.05) is 60.1 Å². The maximum atomic E-state index is 6.38. The average Bonchev–Trinajstić information content (AvgIpc) is 3.11. The molecule has 1 heterocycles. The van der Waals surface area contributed by atoms with Crippen LogP contribution in [0, 0.1) is 27.7 Å².